The number of amides is 2. The fourth-order valence-corrected chi connectivity index (χ4v) is 14.4. The molecule has 2 bridgehead atoms. The predicted molar refractivity (Wildman–Crippen MR) is 335 cm³/mol. The van der Waals surface area contributed by atoms with Gasteiger partial charge in [0.05, 0.1) is 30.5 Å². The van der Waals surface area contributed by atoms with Gasteiger partial charge in [-0.3, -0.25) is 24.1 Å². The molecule has 478 valence electrons. The second-order valence-corrected chi connectivity index (χ2v) is 26.3. The maximum atomic E-state index is 14.8. The summed E-state index contributed by atoms with van der Waals surface area (Å²) in [4.78, 5) is 85.9. The zero-order chi connectivity index (χ0) is 63.0. The van der Waals surface area contributed by atoms with Crippen LogP contribution in [0.1, 0.15) is 124 Å². The number of aromatic nitrogens is 2. The first-order valence-corrected chi connectivity index (χ1v) is 32.2. The summed E-state index contributed by atoms with van der Waals surface area (Å²) < 4.78 is 30.3. The average molecular weight is 1230 g/mol. The van der Waals surface area contributed by atoms with Crippen molar-refractivity contribution in [3.8, 4) is 22.3 Å². The van der Waals surface area contributed by atoms with Gasteiger partial charge in [0, 0.05) is 125 Å². The van der Waals surface area contributed by atoms with Crippen molar-refractivity contribution in [1.29, 1.82) is 0 Å². The Labute approximate surface area is 523 Å². The first kappa shape index (κ1) is 66.7. The molecule has 18 nitrogen and oxygen atoms in total. The number of esters is 1. The number of piperazine rings is 1. The van der Waals surface area contributed by atoms with Crippen LogP contribution >= 0.6 is 11.6 Å². The van der Waals surface area contributed by atoms with Crippen LogP contribution in [0.4, 0.5) is 0 Å². The molecule has 1 aliphatic carbocycles. The number of cyclic esters (lactones) is 1. The molecule has 9 rings (SSSR count). The molecule has 0 spiro atoms. The van der Waals surface area contributed by atoms with Crippen LogP contribution in [0.25, 0.3) is 33.3 Å². The normalized spacial score (nSPS) is 32.0. The van der Waals surface area contributed by atoms with Crippen molar-refractivity contribution in [2.24, 2.45) is 29.6 Å². The van der Waals surface area contributed by atoms with Crippen LogP contribution < -0.4 is 0 Å². The van der Waals surface area contributed by atoms with E-state index in [4.69, 9.17) is 40.3 Å². The minimum atomic E-state index is -2.56. The molecule has 4 aromatic rings. The van der Waals surface area contributed by atoms with E-state index in [1.807, 2.05) is 74.5 Å². The van der Waals surface area contributed by atoms with E-state index in [0.717, 1.165) is 45.4 Å². The standard InChI is InChI=1S/C69H92ClN5O13/c1-41-29-42(2)31-60(85-7)64-61(86-8)33-44(4)69(83,88-64)65(80)67(81)75-24-10-9-16-55(75)68(82)87-63(43(3)32-47-20-23-56(76)59(34-47)84-6)45(5)57(77)37-58(78)50(30-41)14-12-17-62(79)74-27-25-73(26-28-74)40-46-18-21-48(22-19-46)51-36-53-54(39-72-66(53)71-38-51)49-13-11-15-52(70)35-49/h11,13,15,18-19,21-22,30,32,35-36,38-39,42,44-45,47,50,55-57,59-61,63-64,76-77,83H,9-10,12,14,16-17,20,23-29,31,33-34,37,40H2,1-8H3,(H,71,72)/b41-30+,43-32+/t42-,44+,45+,47-,50+,55-,56+,57-,59+,60-,61-,63+,64+,69+/m0/s1. The number of hydrogen-bond acceptors (Lipinski definition) is 15. The van der Waals surface area contributed by atoms with Crippen molar-refractivity contribution in [1.82, 2.24) is 24.7 Å². The molecule has 4 N–H and O–H groups in total. The number of fused-ring (bicyclic) bond motifs is 4. The first-order valence-electron chi connectivity index (χ1n) is 31.8. The smallest absolute Gasteiger partial charge is 0.329 e. The van der Waals surface area contributed by atoms with Crippen LogP contribution in [0, 0.1) is 29.6 Å². The molecule has 19 heteroatoms. The number of nitrogens with one attached hydrogen (secondary N) is 1. The lowest BCUT2D eigenvalue weighted by Gasteiger charge is -2.47. The summed E-state index contributed by atoms with van der Waals surface area (Å²) in [5.74, 6) is -8.26. The van der Waals surface area contributed by atoms with Gasteiger partial charge in [-0.05, 0) is 137 Å². The van der Waals surface area contributed by atoms with Crippen molar-refractivity contribution in [2.75, 3.05) is 54.1 Å². The number of halogens is 1. The zero-order valence-electron chi connectivity index (χ0n) is 52.5. The Morgan fingerprint density at radius 2 is 1.57 bits per heavy atom. The van der Waals surface area contributed by atoms with E-state index in [0.29, 0.717) is 94.6 Å². The highest BCUT2D eigenvalue weighted by atomic mass is 35.5. The third kappa shape index (κ3) is 15.7. The van der Waals surface area contributed by atoms with Gasteiger partial charge in [0.1, 0.15) is 29.7 Å². The number of benzene rings is 2. The number of Topliss-reactive ketones (excluding diaryl/α,β-unsaturated/α-hetero) is 2. The number of hydrogen-bond donors (Lipinski definition) is 4. The number of piperidine rings is 1. The summed E-state index contributed by atoms with van der Waals surface area (Å²) in [6, 6.07) is 17.3. The summed E-state index contributed by atoms with van der Waals surface area (Å²) in [6.45, 7) is 12.6. The molecule has 0 radical (unpaired) electrons. The lowest BCUT2D eigenvalue weighted by Crippen LogP contribution is -2.64. The molecule has 2 aromatic heterocycles. The number of methoxy groups -OCH3 is 3. The number of ether oxygens (including phenoxy) is 5. The van der Waals surface area contributed by atoms with E-state index >= 15 is 0 Å². The Morgan fingerprint density at radius 1 is 0.841 bits per heavy atom. The summed E-state index contributed by atoms with van der Waals surface area (Å²) in [5, 5.41) is 36.8. The van der Waals surface area contributed by atoms with Crippen LogP contribution in [-0.2, 0) is 54.2 Å². The minimum absolute atomic E-state index is 0.0241. The average Bonchev–Trinajstić information content (AvgIpc) is 1.06. The van der Waals surface area contributed by atoms with E-state index in [1.165, 1.54) is 24.7 Å². The number of aliphatic hydroxyl groups is 3. The van der Waals surface area contributed by atoms with Crippen LogP contribution in [-0.4, -0.2) is 178 Å². The number of nitrogens with zero attached hydrogens (tertiary/aromatic N) is 4. The van der Waals surface area contributed by atoms with E-state index in [-0.39, 0.29) is 55.8 Å². The Hall–Kier alpha value is -5.67. The number of allylic oxidation sites excluding steroid dienone is 3. The zero-order valence-corrected chi connectivity index (χ0v) is 53.3. The second kappa shape index (κ2) is 30.0. The topological polar surface area (TPSA) is 231 Å². The first-order chi connectivity index (χ1) is 42.2. The molecule has 0 unspecified atom stereocenters. The number of pyridine rings is 1. The summed E-state index contributed by atoms with van der Waals surface area (Å²) in [7, 11) is 4.61. The molecule has 3 saturated heterocycles. The Morgan fingerprint density at radius 3 is 2.28 bits per heavy atom. The van der Waals surface area contributed by atoms with Crippen molar-refractivity contribution < 1.29 is 63.0 Å². The molecule has 2 aromatic carbocycles. The maximum Gasteiger partial charge on any atom is 0.329 e. The van der Waals surface area contributed by atoms with Crippen LogP contribution in [0.2, 0.25) is 5.02 Å². The third-order valence-electron chi connectivity index (χ3n) is 19.4. The predicted octanol–water partition coefficient (Wildman–Crippen LogP) is 9.44. The van der Waals surface area contributed by atoms with Gasteiger partial charge >= 0.3 is 5.97 Å². The number of H-pyrrole nitrogens is 1. The van der Waals surface area contributed by atoms with Crippen LogP contribution in [0.5, 0.6) is 0 Å². The van der Waals surface area contributed by atoms with Gasteiger partial charge in [-0.2, -0.15) is 0 Å². The largest absolute Gasteiger partial charge is 0.456 e. The van der Waals surface area contributed by atoms with E-state index in [1.54, 1.807) is 21.0 Å². The minimum Gasteiger partial charge on any atom is -0.456 e. The molecule has 2 amide bonds. The van der Waals surface area contributed by atoms with Gasteiger partial charge in [-0.25, -0.2) is 9.78 Å². The SMILES string of the molecule is CO[C@H]1C[C@@H](C)C/C(C)=C/[C@@H](CCCC(=O)N2CCN(Cc3ccc(-c4cnc5[nH]cc(-c6cccc(Cl)c6)c5c4)cc3)CC2)C(=O)C[C@H](O)[C@@H](C)[C@@H](/C(C)=C/[C@@H]2CC[C@@H](O)[C@H](OC)C2)OC(=O)[C@@H]2CCCCN2C(=O)C(=O)[C@]2(O)O[C@H]1[C@@H](OC)C[C@H]2C. The second-order valence-electron chi connectivity index (χ2n) is 25.8. The molecule has 14 atom stereocenters. The van der Waals surface area contributed by atoms with Crippen LogP contribution in [0.3, 0.4) is 0 Å². The van der Waals surface area contributed by atoms with E-state index < -0.39 is 90.0 Å². The van der Waals surface area contributed by atoms with Crippen molar-refractivity contribution in [3.05, 3.63) is 101 Å². The molecule has 4 aliphatic heterocycles. The molecule has 5 aliphatic rings. The van der Waals surface area contributed by atoms with Gasteiger partial charge in [0.15, 0.2) is 0 Å². The number of ketones is 2. The highest BCUT2D eigenvalue weighted by Crippen LogP contribution is 2.40. The quantitative estimate of drug-likeness (QED) is 0.0555. The summed E-state index contributed by atoms with van der Waals surface area (Å²) in [6.07, 6.45) is 6.96. The number of carbonyl (C=O) groups excluding carboxylic acids is 5. The lowest BCUT2D eigenvalue weighted by molar-refractivity contribution is -0.302. The number of aromatic amines is 1. The van der Waals surface area contributed by atoms with Crippen molar-refractivity contribution >= 4 is 52.0 Å². The monoisotopic (exact) mass is 1230 g/mol. The van der Waals surface area contributed by atoms with E-state index in [2.05, 4.69) is 40.2 Å². The molecule has 4 fully saturated rings. The Bertz CT molecular complexity index is 3140. The van der Waals surface area contributed by atoms with E-state index in [9.17, 15) is 39.3 Å². The Balaban J connectivity index is 0.893. The highest BCUT2D eigenvalue weighted by molar-refractivity contribution is 6.39. The molecule has 88 heavy (non-hydrogen) atoms. The van der Waals surface area contributed by atoms with Gasteiger partial charge in [0.25, 0.3) is 11.7 Å². The lowest BCUT2D eigenvalue weighted by atomic mass is 9.81. The summed E-state index contributed by atoms with van der Waals surface area (Å²) in [5.41, 5.74) is 7.64. The molecule has 6 heterocycles. The number of aliphatic hydroxyl groups excluding tert-OH is 2. The highest BCUT2D eigenvalue weighted by Gasteiger charge is 2.57. The van der Waals surface area contributed by atoms with Gasteiger partial charge in [0.2, 0.25) is 11.7 Å². The maximum absolute atomic E-state index is 14.8. The third-order valence-corrected chi connectivity index (χ3v) is 19.7. The van der Waals surface area contributed by atoms with Crippen molar-refractivity contribution in [2.45, 2.75) is 179 Å². The molecular weight excluding hydrogens is 1140 g/mol. The van der Waals surface area contributed by atoms with Crippen molar-refractivity contribution in [3.63, 3.8) is 0 Å². The van der Waals surface area contributed by atoms with Crippen LogP contribution in [0.15, 0.2) is 90.3 Å². The number of carbonyl (C=O) groups is 5. The fourth-order valence-electron chi connectivity index (χ4n) is 14.2. The van der Waals surface area contributed by atoms with Gasteiger partial charge in [-0.1, -0.05) is 86.5 Å². The van der Waals surface area contributed by atoms with Gasteiger partial charge in [-0.15, -0.1) is 0 Å². The number of rotatable bonds is 13. The summed E-state index contributed by atoms with van der Waals surface area (Å²) >= 11 is 6.33. The molecular formula is C69H92ClN5O13. The molecule has 1 saturated carbocycles. The Kier molecular flexibility index (Phi) is 22.7. The van der Waals surface area contributed by atoms with Gasteiger partial charge < -0.3 is 53.8 Å². The fraction of sp³-hybridized carbons (Fsp3) is 0.594.